The fourth-order valence-electron chi connectivity index (χ4n) is 3.34. The first-order valence-electron chi connectivity index (χ1n) is 8.59. The van der Waals surface area contributed by atoms with Gasteiger partial charge in [0.05, 0.1) is 5.56 Å². The number of nitrogens with zero attached hydrogens (tertiary/aromatic N) is 2. The Bertz CT molecular complexity index is 821. The first-order chi connectivity index (χ1) is 12.5. The molecule has 1 saturated heterocycles. The molecule has 2 N–H and O–H groups in total. The van der Waals surface area contributed by atoms with E-state index >= 15 is 0 Å². The highest BCUT2D eigenvalue weighted by molar-refractivity contribution is 5.99. The van der Waals surface area contributed by atoms with Crippen molar-refractivity contribution < 1.29 is 19.8 Å². The molecular weight excluding hydrogens is 332 g/mol. The first kappa shape index (κ1) is 17.8. The summed E-state index contributed by atoms with van der Waals surface area (Å²) in [5.41, 5.74) is 1.03. The molecule has 1 fully saturated rings. The number of carbonyl (C=O) groups excluding carboxylic acids is 2. The van der Waals surface area contributed by atoms with Crippen LogP contribution in [0.3, 0.4) is 0 Å². The van der Waals surface area contributed by atoms with Gasteiger partial charge in [0.2, 0.25) is 5.91 Å². The third kappa shape index (κ3) is 3.64. The standard InChI is InChI=1S/C20H22N2O4/c1-21(13-14-6-4-7-15(23)12-14)20(26)17-9-5-11-22(17)19(25)16-8-2-3-10-18(16)24/h2-4,6-8,10,12,17,23-24H,5,9,11,13H2,1H3/t17-/m1/s1. The van der Waals surface area contributed by atoms with Crippen LogP contribution in [0.25, 0.3) is 0 Å². The molecule has 0 saturated carbocycles. The lowest BCUT2D eigenvalue weighted by Gasteiger charge is -2.28. The van der Waals surface area contributed by atoms with Crippen LogP contribution in [0.1, 0.15) is 28.8 Å². The summed E-state index contributed by atoms with van der Waals surface area (Å²) in [6, 6.07) is 12.6. The highest BCUT2D eigenvalue weighted by atomic mass is 16.3. The molecule has 1 heterocycles. The maximum absolute atomic E-state index is 12.9. The summed E-state index contributed by atoms with van der Waals surface area (Å²) in [6.45, 7) is 0.839. The quantitative estimate of drug-likeness (QED) is 0.883. The van der Waals surface area contributed by atoms with Crippen LogP contribution in [-0.2, 0) is 11.3 Å². The first-order valence-corrected chi connectivity index (χ1v) is 8.59. The highest BCUT2D eigenvalue weighted by Crippen LogP contribution is 2.25. The second-order valence-corrected chi connectivity index (χ2v) is 6.54. The number of carbonyl (C=O) groups is 2. The summed E-state index contributed by atoms with van der Waals surface area (Å²) in [4.78, 5) is 28.7. The lowest BCUT2D eigenvalue weighted by molar-refractivity contribution is -0.134. The number of rotatable bonds is 4. The van der Waals surface area contributed by atoms with E-state index in [1.54, 1.807) is 48.3 Å². The number of benzene rings is 2. The van der Waals surface area contributed by atoms with Gasteiger partial charge in [0.25, 0.3) is 5.91 Å². The second kappa shape index (κ2) is 7.47. The predicted molar refractivity (Wildman–Crippen MR) is 96.7 cm³/mol. The van der Waals surface area contributed by atoms with E-state index in [-0.39, 0.29) is 28.9 Å². The fourth-order valence-corrected chi connectivity index (χ4v) is 3.34. The van der Waals surface area contributed by atoms with Crippen LogP contribution >= 0.6 is 0 Å². The van der Waals surface area contributed by atoms with Gasteiger partial charge in [-0.2, -0.15) is 0 Å². The Labute approximate surface area is 152 Å². The summed E-state index contributed by atoms with van der Waals surface area (Å²) in [5.74, 6) is -0.399. The van der Waals surface area contributed by atoms with Crippen molar-refractivity contribution in [2.75, 3.05) is 13.6 Å². The molecule has 1 atom stereocenters. The number of likely N-dealkylation sites (tertiary alicyclic amines) is 1. The summed E-state index contributed by atoms with van der Waals surface area (Å²) in [7, 11) is 1.69. The molecular formula is C20H22N2O4. The monoisotopic (exact) mass is 354 g/mol. The van der Waals surface area contributed by atoms with Crippen LogP contribution < -0.4 is 0 Å². The average molecular weight is 354 g/mol. The second-order valence-electron chi connectivity index (χ2n) is 6.54. The zero-order chi connectivity index (χ0) is 18.7. The van der Waals surface area contributed by atoms with Crippen LogP contribution in [0.15, 0.2) is 48.5 Å². The Kier molecular flexibility index (Phi) is 5.11. The van der Waals surface area contributed by atoms with E-state index in [0.29, 0.717) is 19.5 Å². The SMILES string of the molecule is CN(Cc1cccc(O)c1)C(=O)[C@H]1CCCN1C(=O)c1ccccc1O. The van der Waals surface area contributed by atoms with Crippen molar-refractivity contribution >= 4 is 11.8 Å². The van der Waals surface area contributed by atoms with E-state index in [1.807, 2.05) is 6.07 Å². The number of hydrogen-bond donors (Lipinski definition) is 2. The molecule has 2 aromatic rings. The van der Waals surface area contributed by atoms with Crippen LogP contribution in [0.2, 0.25) is 0 Å². The Morgan fingerprint density at radius 2 is 1.92 bits per heavy atom. The van der Waals surface area contributed by atoms with E-state index < -0.39 is 6.04 Å². The molecule has 0 aliphatic carbocycles. The van der Waals surface area contributed by atoms with Crippen molar-refractivity contribution in [3.05, 3.63) is 59.7 Å². The van der Waals surface area contributed by atoms with Crippen molar-refractivity contribution in [3.8, 4) is 11.5 Å². The van der Waals surface area contributed by atoms with Gasteiger partial charge in [0.1, 0.15) is 17.5 Å². The van der Waals surface area contributed by atoms with Crippen molar-refractivity contribution in [1.82, 2.24) is 9.80 Å². The van der Waals surface area contributed by atoms with Gasteiger partial charge in [0, 0.05) is 20.1 Å². The number of para-hydroxylation sites is 1. The van der Waals surface area contributed by atoms with Crippen molar-refractivity contribution in [2.45, 2.75) is 25.4 Å². The minimum Gasteiger partial charge on any atom is -0.508 e. The van der Waals surface area contributed by atoms with Gasteiger partial charge in [-0.05, 0) is 42.7 Å². The summed E-state index contributed by atoms with van der Waals surface area (Å²) in [6.07, 6.45) is 1.35. The number of phenolic OH excluding ortho intramolecular Hbond substituents is 2. The van der Waals surface area contributed by atoms with E-state index in [0.717, 1.165) is 12.0 Å². The van der Waals surface area contributed by atoms with Gasteiger partial charge in [-0.3, -0.25) is 9.59 Å². The number of likely N-dealkylation sites (N-methyl/N-ethyl adjacent to an activating group) is 1. The molecule has 136 valence electrons. The largest absolute Gasteiger partial charge is 0.508 e. The predicted octanol–water partition coefficient (Wildman–Crippen LogP) is 2.36. The van der Waals surface area contributed by atoms with Crippen molar-refractivity contribution in [3.63, 3.8) is 0 Å². The molecule has 3 rings (SSSR count). The normalized spacial score (nSPS) is 16.5. The Morgan fingerprint density at radius 1 is 1.15 bits per heavy atom. The van der Waals surface area contributed by atoms with Gasteiger partial charge in [-0.25, -0.2) is 0 Å². The van der Waals surface area contributed by atoms with Gasteiger partial charge in [0.15, 0.2) is 0 Å². The molecule has 0 radical (unpaired) electrons. The molecule has 0 unspecified atom stereocenters. The molecule has 6 heteroatoms. The van der Waals surface area contributed by atoms with Gasteiger partial charge >= 0.3 is 0 Å². The van der Waals surface area contributed by atoms with Crippen LogP contribution in [0.5, 0.6) is 11.5 Å². The van der Waals surface area contributed by atoms with E-state index in [1.165, 1.54) is 11.0 Å². The molecule has 2 aromatic carbocycles. The topological polar surface area (TPSA) is 81.1 Å². The Morgan fingerprint density at radius 3 is 2.65 bits per heavy atom. The van der Waals surface area contributed by atoms with Gasteiger partial charge < -0.3 is 20.0 Å². The molecule has 6 nitrogen and oxygen atoms in total. The lowest BCUT2D eigenvalue weighted by Crippen LogP contribution is -2.46. The fraction of sp³-hybridized carbons (Fsp3) is 0.300. The maximum Gasteiger partial charge on any atom is 0.258 e. The summed E-state index contributed by atoms with van der Waals surface area (Å²) < 4.78 is 0. The third-order valence-electron chi connectivity index (χ3n) is 4.64. The zero-order valence-corrected chi connectivity index (χ0v) is 14.6. The molecule has 0 spiro atoms. The number of aromatic hydroxyl groups is 2. The van der Waals surface area contributed by atoms with E-state index in [2.05, 4.69) is 0 Å². The maximum atomic E-state index is 12.9. The third-order valence-corrected chi connectivity index (χ3v) is 4.64. The zero-order valence-electron chi connectivity index (χ0n) is 14.6. The van der Waals surface area contributed by atoms with E-state index in [4.69, 9.17) is 0 Å². The number of phenols is 2. The Hall–Kier alpha value is -3.02. The van der Waals surface area contributed by atoms with E-state index in [9.17, 15) is 19.8 Å². The number of hydrogen-bond acceptors (Lipinski definition) is 4. The smallest absolute Gasteiger partial charge is 0.258 e. The van der Waals surface area contributed by atoms with Crippen LogP contribution in [-0.4, -0.2) is 51.5 Å². The molecule has 2 amide bonds. The van der Waals surface area contributed by atoms with Crippen LogP contribution in [0.4, 0.5) is 0 Å². The van der Waals surface area contributed by atoms with Crippen LogP contribution in [0, 0.1) is 0 Å². The van der Waals surface area contributed by atoms with Crippen molar-refractivity contribution in [1.29, 1.82) is 0 Å². The summed E-state index contributed by atoms with van der Waals surface area (Å²) >= 11 is 0. The molecule has 0 bridgehead atoms. The molecule has 26 heavy (non-hydrogen) atoms. The van der Waals surface area contributed by atoms with Crippen molar-refractivity contribution in [2.24, 2.45) is 0 Å². The van der Waals surface area contributed by atoms with Gasteiger partial charge in [-0.15, -0.1) is 0 Å². The summed E-state index contributed by atoms with van der Waals surface area (Å²) in [5, 5.41) is 19.5. The highest BCUT2D eigenvalue weighted by Gasteiger charge is 2.36. The van der Waals surface area contributed by atoms with Gasteiger partial charge in [-0.1, -0.05) is 24.3 Å². The molecule has 0 aromatic heterocycles. The number of amides is 2. The molecule has 1 aliphatic heterocycles. The Balaban J connectivity index is 1.73. The minimum atomic E-state index is -0.538. The lowest BCUT2D eigenvalue weighted by atomic mass is 10.1. The minimum absolute atomic E-state index is 0.0799. The average Bonchev–Trinajstić information content (AvgIpc) is 3.10. The molecule has 1 aliphatic rings.